The minimum Gasteiger partial charge on any atom is -0.393 e. The number of benzene rings is 1. The monoisotopic (exact) mass is 502 g/mol. The van der Waals surface area contributed by atoms with Gasteiger partial charge in [-0.3, -0.25) is 14.6 Å². The van der Waals surface area contributed by atoms with Crippen LogP contribution >= 0.6 is 23.2 Å². The topological polar surface area (TPSA) is 59.9 Å². The van der Waals surface area contributed by atoms with Crippen molar-refractivity contribution in [1.82, 2.24) is 14.8 Å². The van der Waals surface area contributed by atoms with Crippen LogP contribution in [0, 0.1) is 0 Å². The van der Waals surface area contributed by atoms with Crippen LogP contribution in [0.15, 0.2) is 42.6 Å². The van der Waals surface area contributed by atoms with Crippen LogP contribution in [0.4, 0.5) is 5.82 Å². The van der Waals surface area contributed by atoms with E-state index in [1.807, 2.05) is 35.2 Å². The van der Waals surface area contributed by atoms with Gasteiger partial charge in [-0.1, -0.05) is 35.3 Å². The normalized spacial score (nSPS) is 25.5. The number of likely N-dealkylation sites (tertiary alicyclic amines) is 2. The first kappa shape index (κ1) is 24.0. The third-order valence-corrected chi connectivity index (χ3v) is 8.64. The third kappa shape index (κ3) is 4.98. The highest BCUT2D eigenvalue weighted by atomic mass is 35.5. The lowest BCUT2D eigenvalue weighted by Crippen LogP contribution is -2.61. The van der Waals surface area contributed by atoms with Crippen molar-refractivity contribution < 1.29 is 9.90 Å². The van der Waals surface area contributed by atoms with Crippen LogP contribution in [0.1, 0.15) is 37.7 Å². The summed E-state index contributed by atoms with van der Waals surface area (Å²) in [6, 6.07) is 12.2. The van der Waals surface area contributed by atoms with E-state index in [1.165, 1.54) is 0 Å². The Morgan fingerprint density at radius 2 is 1.88 bits per heavy atom. The second-order valence-corrected chi connectivity index (χ2v) is 10.8. The summed E-state index contributed by atoms with van der Waals surface area (Å²) in [7, 11) is 0. The molecule has 3 aliphatic heterocycles. The smallest absolute Gasteiger partial charge is 0.228 e. The summed E-state index contributed by atoms with van der Waals surface area (Å²) in [5, 5.41) is 10.9. The van der Waals surface area contributed by atoms with Crippen LogP contribution in [0.25, 0.3) is 0 Å². The molecule has 0 aliphatic carbocycles. The van der Waals surface area contributed by atoms with Crippen molar-refractivity contribution in [3.63, 3.8) is 0 Å². The van der Waals surface area contributed by atoms with Crippen LogP contribution in [0.2, 0.25) is 10.0 Å². The molecule has 1 amide bonds. The lowest BCUT2D eigenvalue weighted by molar-refractivity contribution is -0.120. The fourth-order valence-electron chi connectivity index (χ4n) is 5.66. The molecule has 1 N–H and O–H groups in total. The van der Waals surface area contributed by atoms with Gasteiger partial charge in [0.05, 0.1) is 16.1 Å². The molecular formula is C26H32Cl2N4O2. The molecule has 3 saturated heterocycles. The van der Waals surface area contributed by atoms with Gasteiger partial charge in [0.1, 0.15) is 5.82 Å². The van der Waals surface area contributed by atoms with E-state index in [4.69, 9.17) is 23.2 Å². The van der Waals surface area contributed by atoms with E-state index in [9.17, 15) is 9.90 Å². The van der Waals surface area contributed by atoms with Crippen LogP contribution in [0.5, 0.6) is 0 Å². The summed E-state index contributed by atoms with van der Waals surface area (Å²) in [6.07, 6.45) is 5.58. The highest BCUT2D eigenvalue weighted by molar-refractivity contribution is 6.42. The number of carbonyl (C=O) groups is 1. The van der Waals surface area contributed by atoms with Crippen molar-refractivity contribution in [3.05, 3.63) is 58.2 Å². The molecule has 2 aromatic rings. The maximum Gasteiger partial charge on any atom is 0.228 e. The van der Waals surface area contributed by atoms with Gasteiger partial charge >= 0.3 is 0 Å². The number of aromatic nitrogens is 1. The highest BCUT2D eigenvalue weighted by Crippen LogP contribution is 2.41. The lowest BCUT2D eigenvalue weighted by Gasteiger charge is -2.49. The number of amides is 1. The molecule has 34 heavy (non-hydrogen) atoms. The van der Waals surface area contributed by atoms with E-state index < -0.39 is 0 Å². The number of anilines is 1. The number of hydrogen-bond donors (Lipinski definition) is 1. The van der Waals surface area contributed by atoms with Gasteiger partial charge in [-0.15, -0.1) is 0 Å². The zero-order valence-corrected chi connectivity index (χ0v) is 20.9. The molecule has 5 rings (SSSR count). The molecule has 8 heteroatoms. The van der Waals surface area contributed by atoms with E-state index in [1.54, 1.807) is 6.20 Å². The fourth-order valence-corrected chi connectivity index (χ4v) is 5.96. The number of hydrogen-bond acceptors (Lipinski definition) is 5. The number of aliphatic hydroxyl groups excluding tert-OH is 1. The first-order valence-electron chi connectivity index (χ1n) is 12.2. The molecule has 1 aromatic heterocycles. The summed E-state index contributed by atoms with van der Waals surface area (Å²) in [4.78, 5) is 24.2. The van der Waals surface area contributed by atoms with E-state index in [0.717, 1.165) is 64.0 Å². The van der Waals surface area contributed by atoms with Gasteiger partial charge < -0.3 is 10.0 Å². The minimum atomic E-state index is -0.208. The second kappa shape index (κ2) is 10.1. The second-order valence-electron chi connectivity index (χ2n) is 10.0. The van der Waals surface area contributed by atoms with Gasteiger partial charge in [-0.25, -0.2) is 4.98 Å². The Balaban J connectivity index is 1.31. The van der Waals surface area contributed by atoms with Crippen LogP contribution in [-0.2, 0) is 10.2 Å². The summed E-state index contributed by atoms with van der Waals surface area (Å²) >= 11 is 12.7. The zero-order valence-electron chi connectivity index (χ0n) is 19.4. The van der Waals surface area contributed by atoms with Gasteiger partial charge in [0.25, 0.3) is 0 Å². The predicted molar refractivity (Wildman–Crippen MR) is 136 cm³/mol. The van der Waals surface area contributed by atoms with E-state index >= 15 is 0 Å². The van der Waals surface area contributed by atoms with Gasteiger partial charge in [0.15, 0.2) is 0 Å². The number of carbonyl (C=O) groups excluding carboxylic acids is 1. The van der Waals surface area contributed by atoms with E-state index in [-0.39, 0.29) is 17.4 Å². The van der Waals surface area contributed by atoms with Crippen molar-refractivity contribution >= 4 is 34.9 Å². The summed E-state index contributed by atoms with van der Waals surface area (Å²) in [6.45, 7) is 5.68. The molecular weight excluding hydrogens is 471 g/mol. The number of rotatable bonds is 6. The Labute approximate surface area is 211 Å². The van der Waals surface area contributed by atoms with Gasteiger partial charge in [0.2, 0.25) is 5.91 Å². The average Bonchev–Trinajstić information content (AvgIpc) is 2.82. The van der Waals surface area contributed by atoms with Crippen molar-refractivity contribution in [3.8, 4) is 0 Å². The van der Waals surface area contributed by atoms with Crippen molar-refractivity contribution in [2.24, 2.45) is 0 Å². The summed E-state index contributed by atoms with van der Waals surface area (Å²) < 4.78 is 0. The van der Waals surface area contributed by atoms with Crippen LogP contribution in [-0.4, -0.2) is 77.2 Å². The molecule has 0 radical (unpaired) electrons. The molecule has 0 unspecified atom stereocenters. The fraction of sp³-hybridized carbons (Fsp3) is 0.538. The van der Waals surface area contributed by atoms with Crippen LogP contribution < -0.4 is 4.90 Å². The highest BCUT2D eigenvalue weighted by Gasteiger charge is 2.42. The van der Waals surface area contributed by atoms with Crippen LogP contribution in [0.3, 0.4) is 0 Å². The Kier molecular flexibility index (Phi) is 7.14. The third-order valence-electron chi connectivity index (χ3n) is 7.90. The molecule has 182 valence electrons. The molecule has 3 fully saturated rings. The molecule has 0 saturated carbocycles. The van der Waals surface area contributed by atoms with Crippen molar-refractivity contribution in [2.45, 2.75) is 49.7 Å². The molecule has 4 heterocycles. The number of nitrogens with zero attached hydrogens (tertiary/aromatic N) is 4. The Bertz CT molecular complexity index is 1010. The number of aliphatic hydroxyl groups is 1. The summed E-state index contributed by atoms with van der Waals surface area (Å²) in [5.74, 6) is 0.818. The van der Waals surface area contributed by atoms with Gasteiger partial charge in [-0.2, -0.15) is 0 Å². The molecule has 0 bridgehead atoms. The molecule has 6 nitrogen and oxygen atoms in total. The summed E-state index contributed by atoms with van der Waals surface area (Å²) in [5.41, 5.74) is 0.928. The number of pyridine rings is 1. The predicted octanol–water partition coefficient (Wildman–Crippen LogP) is 3.98. The first-order chi connectivity index (χ1) is 16.4. The zero-order chi connectivity index (χ0) is 23.7. The first-order valence-corrected chi connectivity index (χ1v) is 13.0. The van der Waals surface area contributed by atoms with E-state index in [2.05, 4.69) is 20.9 Å². The quantitative estimate of drug-likeness (QED) is 0.647. The molecule has 3 aliphatic rings. The maximum absolute atomic E-state index is 12.9. The molecule has 0 spiro atoms. The molecule has 1 atom stereocenters. The Morgan fingerprint density at radius 3 is 2.59 bits per heavy atom. The van der Waals surface area contributed by atoms with Crippen molar-refractivity contribution in [1.29, 1.82) is 0 Å². The average molecular weight is 503 g/mol. The number of halogens is 2. The standard InChI is InChI=1S/C26H32Cl2N4O2/c27-22-5-4-19(15-23(22)28)26(9-6-25(34)32(18-26)24-3-1-2-11-29-24)10-14-30-16-20(17-30)31-12-7-21(33)8-13-31/h1-5,11,15,20-21,33H,6-10,12-14,16-18H2/t26-/m1/s1. The SMILES string of the molecule is O=C1CC[C@](CCN2CC(N3CCC(O)CC3)C2)(c2ccc(Cl)c(Cl)c2)CN1c1ccccn1. The number of piperidine rings is 2. The Morgan fingerprint density at radius 1 is 1.09 bits per heavy atom. The Hall–Kier alpha value is -1.70. The van der Waals surface area contributed by atoms with E-state index in [0.29, 0.717) is 34.9 Å². The lowest BCUT2D eigenvalue weighted by atomic mass is 9.71. The minimum absolute atomic E-state index is 0.116. The maximum atomic E-state index is 12.9. The van der Waals surface area contributed by atoms with Crippen molar-refractivity contribution in [2.75, 3.05) is 44.2 Å². The van der Waals surface area contributed by atoms with Gasteiger partial charge in [0, 0.05) is 56.8 Å². The molecule has 1 aromatic carbocycles. The van der Waals surface area contributed by atoms with Gasteiger partial charge in [-0.05, 0) is 62.1 Å². The largest absolute Gasteiger partial charge is 0.393 e.